The first-order valence-electron chi connectivity index (χ1n) is 5.84. The molecular formula is C13H11BrFN5. The Hall–Kier alpha value is -2.20. The third-order valence-corrected chi connectivity index (χ3v) is 2.89. The number of aromatic nitrogens is 2. The molecule has 2 rings (SSSR count). The lowest BCUT2D eigenvalue weighted by molar-refractivity contribution is 0.631. The van der Waals surface area contributed by atoms with Crippen molar-refractivity contribution in [3.05, 3.63) is 40.9 Å². The van der Waals surface area contributed by atoms with E-state index in [0.29, 0.717) is 30.3 Å². The quantitative estimate of drug-likeness (QED) is 0.818. The lowest BCUT2D eigenvalue weighted by atomic mass is 10.3. The zero-order chi connectivity index (χ0) is 14.4. The molecule has 1 aromatic carbocycles. The highest BCUT2D eigenvalue weighted by Crippen LogP contribution is 2.23. The van der Waals surface area contributed by atoms with Crippen LogP contribution in [0, 0.1) is 17.1 Å². The monoisotopic (exact) mass is 335 g/mol. The summed E-state index contributed by atoms with van der Waals surface area (Å²) in [5.74, 6) is 0.676. The fourth-order valence-corrected chi connectivity index (χ4v) is 1.86. The normalized spacial score (nSPS) is 9.85. The minimum Gasteiger partial charge on any atom is -0.369 e. The fraction of sp³-hybridized carbons (Fsp3) is 0.154. The van der Waals surface area contributed by atoms with Gasteiger partial charge in [-0.25, -0.2) is 14.4 Å². The summed E-state index contributed by atoms with van der Waals surface area (Å²) in [5, 5.41) is 14.3. The van der Waals surface area contributed by atoms with E-state index in [9.17, 15) is 4.39 Å². The van der Waals surface area contributed by atoms with Crippen molar-refractivity contribution in [1.82, 2.24) is 9.97 Å². The van der Waals surface area contributed by atoms with Crippen molar-refractivity contribution in [2.24, 2.45) is 0 Å². The van der Waals surface area contributed by atoms with Crippen molar-refractivity contribution in [2.45, 2.75) is 6.42 Å². The number of nitrogens with one attached hydrogen (secondary N) is 2. The third-order valence-electron chi connectivity index (χ3n) is 2.40. The molecular weight excluding hydrogens is 325 g/mol. The summed E-state index contributed by atoms with van der Waals surface area (Å²) >= 11 is 3.28. The van der Waals surface area contributed by atoms with Crippen molar-refractivity contribution in [3.63, 3.8) is 0 Å². The van der Waals surface area contributed by atoms with Gasteiger partial charge >= 0.3 is 0 Å². The Kier molecular flexibility index (Phi) is 4.85. The lowest BCUT2D eigenvalue weighted by Gasteiger charge is -2.09. The summed E-state index contributed by atoms with van der Waals surface area (Å²) in [6.45, 7) is 0.498. The smallest absolute Gasteiger partial charge is 0.146 e. The number of hydrogen-bond donors (Lipinski definition) is 2. The Morgan fingerprint density at radius 1 is 1.25 bits per heavy atom. The summed E-state index contributed by atoms with van der Waals surface area (Å²) in [7, 11) is 0. The van der Waals surface area contributed by atoms with Gasteiger partial charge in [-0.3, -0.25) is 0 Å². The highest BCUT2D eigenvalue weighted by molar-refractivity contribution is 9.10. The van der Waals surface area contributed by atoms with Crippen molar-refractivity contribution in [3.8, 4) is 6.07 Å². The van der Waals surface area contributed by atoms with Crippen LogP contribution in [0.2, 0.25) is 0 Å². The molecule has 0 spiro atoms. The van der Waals surface area contributed by atoms with Crippen LogP contribution < -0.4 is 10.6 Å². The predicted molar refractivity (Wildman–Crippen MR) is 78.1 cm³/mol. The molecule has 2 aromatic rings. The Morgan fingerprint density at radius 3 is 2.85 bits per heavy atom. The van der Waals surface area contributed by atoms with Crippen LogP contribution in [0.5, 0.6) is 0 Å². The standard InChI is InChI=1S/C13H11BrFN5/c14-9-2-3-10(15)11(6-9)20-13-7-12(18-8-19-13)17-5-1-4-16/h2-3,6-8H,1,5H2,(H2,17,18,19,20). The first kappa shape index (κ1) is 14.2. The third kappa shape index (κ3) is 3.90. The average molecular weight is 336 g/mol. The van der Waals surface area contributed by atoms with E-state index in [1.54, 1.807) is 18.2 Å². The van der Waals surface area contributed by atoms with E-state index < -0.39 is 0 Å². The molecule has 0 aliphatic heterocycles. The topological polar surface area (TPSA) is 73.6 Å². The van der Waals surface area contributed by atoms with Gasteiger partial charge in [-0.05, 0) is 18.2 Å². The first-order valence-corrected chi connectivity index (χ1v) is 6.63. The second-order valence-electron chi connectivity index (χ2n) is 3.87. The maximum Gasteiger partial charge on any atom is 0.146 e. The van der Waals surface area contributed by atoms with Gasteiger partial charge in [0.25, 0.3) is 0 Å². The maximum absolute atomic E-state index is 13.6. The molecule has 0 radical (unpaired) electrons. The largest absolute Gasteiger partial charge is 0.369 e. The Bertz CT molecular complexity index is 641. The Morgan fingerprint density at radius 2 is 2.05 bits per heavy atom. The van der Waals surface area contributed by atoms with Crippen molar-refractivity contribution in [1.29, 1.82) is 5.26 Å². The van der Waals surface area contributed by atoms with Gasteiger partial charge in [-0.15, -0.1) is 0 Å². The van der Waals surface area contributed by atoms with Crippen LogP contribution in [0.4, 0.5) is 21.7 Å². The minimum absolute atomic E-state index is 0.320. The average Bonchev–Trinajstić information content (AvgIpc) is 2.44. The zero-order valence-electron chi connectivity index (χ0n) is 10.4. The number of anilines is 3. The van der Waals surface area contributed by atoms with Crippen LogP contribution in [0.25, 0.3) is 0 Å². The van der Waals surface area contributed by atoms with Crippen LogP contribution in [-0.2, 0) is 0 Å². The van der Waals surface area contributed by atoms with Gasteiger partial charge in [0, 0.05) is 17.1 Å². The number of nitriles is 1. The lowest BCUT2D eigenvalue weighted by Crippen LogP contribution is -2.04. The molecule has 0 amide bonds. The molecule has 0 fully saturated rings. The van der Waals surface area contributed by atoms with Gasteiger partial charge in [0.1, 0.15) is 23.8 Å². The molecule has 0 aliphatic carbocycles. The first-order chi connectivity index (χ1) is 9.69. The van der Waals surface area contributed by atoms with Gasteiger partial charge in [-0.1, -0.05) is 15.9 Å². The van der Waals surface area contributed by atoms with E-state index in [1.807, 2.05) is 6.07 Å². The van der Waals surface area contributed by atoms with Gasteiger partial charge in [0.15, 0.2) is 0 Å². The van der Waals surface area contributed by atoms with E-state index in [-0.39, 0.29) is 5.82 Å². The number of halogens is 2. The van der Waals surface area contributed by atoms with Gasteiger partial charge < -0.3 is 10.6 Å². The zero-order valence-corrected chi connectivity index (χ0v) is 12.0. The second kappa shape index (κ2) is 6.82. The van der Waals surface area contributed by atoms with Crippen LogP contribution in [-0.4, -0.2) is 16.5 Å². The SMILES string of the molecule is N#CCCNc1cc(Nc2cc(Br)ccc2F)ncn1. The summed E-state index contributed by atoms with van der Waals surface area (Å²) in [6.07, 6.45) is 1.75. The van der Waals surface area contributed by atoms with Crippen LogP contribution in [0.1, 0.15) is 6.42 Å². The number of nitrogens with zero attached hydrogens (tertiary/aromatic N) is 3. The molecule has 102 valence electrons. The highest BCUT2D eigenvalue weighted by Gasteiger charge is 2.05. The number of rotatable bonds is 5. The molecule has 1 aromatic heterocycles. The molecule has 0 saturated carbocycles. The van der Waals surface area contributed by atoms with Crippen molar-refractivity contribution in [2.75, 3.05) is 17.2 Å². The van der Waals surface area contributed by atoms with E-state index in [1.165, 1.54) is 12.4 Å². The van der Waals surface area contributed by atoms with Crippen LogP contribution in [0.3, 0.4) is 0 Å². The molecule has 7 heteroatoms. The van der Waals surface area contributed by atoms with E-state index in [2.05, 4.69) is 36.5 Å². The summed E-state index contributed by atoms with van der Waals surface area (Å²) in [6, 6.07) is 8.29. The Labute approximate surface area is 124 Å². The molecule has 0 unspecified atom stereocenters. The molecule has 5 nitrogen and oxygen atoms in total. The van der Waals surface area contributed by atoms with Gasteiger partial charge in [-0.2, -0.15) is 5.26 Å². The minimum atomic E-state index is -0.370. The predicted octanol–water partition coefficient (Wildman–Crippen LogP) is 3.45. The van der Waals surface area contributed by atoms with E-state index >= 15 is 0 Å². The van der Waals surface area contributed by atoms with Crippen molar-refractivity contribution < 1.29 is 4.39 Å². The second-order valence-corrected chi connectivity index (χ2v) is 4.79. The number of benzene rings is 1. The summed E-state index contributed by atoms with van der Waals surface area (Å²) < 4.78 is 14.4. The van der Waals surface area contributed by atoms with Crippen LogP contribution in [0.15, 0.2) is 35.1 Å². The van der Waals surface area contributed by atoms with E-state index in [4.69, 9.17) is 5.26 Å². The maximum atomic E-state index is 13.6. The molecule has 2 N–H and O–H groups in total. The van der Waals surface area contributed by atoms with Crippen LogP contribution >= 0.6 is 15.9 Å². The van der Waals surface area contributed by atoms with Gasteiger partial charge in [0.2, 0.25) is 0 Å². The van der Waals surface area contributed by atoms with Gasteiger partial charge in [0.05, 0.1) is 18.2 Å². The molecule has 0 saturated heterocycles. The molecule has 0 atom stereocenters. The molecule has 0 bridgehead atoms. The molecule has 1 heterocycles. The summed E-state index contributed by atoms with van der Waals surface area (Å²) in [4.78, 5) is 8.04. The number of hydrogen-bond acceptors (Lipinski definition) is 5. The van der Waals surface area contributed by atoms with E-state index in [0.717, 1.165) is 4.47 Å². The Balaban J connectivity index is 2.11. The highest BCUT2D eigenvalue weighted by atomic mass is 79.9. The fourth-order valence-electron chi connectivity index (χ4n) is 1.50. The molecule has 0 aliphatic rings. The molecule has 20 heavy (non-hydrogen) atoms. The van der Waals surface area contributed by atoms with Crippen molar-refractivity contribution >= 4 is 33.3 Å². The summed E-state index contributed by atoms with van der Waals surface area (Å²) in [5.41, 5.74) is 0.320.